The number of ether oxygens (including phenoxy) is 1. The number of nitrogens with zero attached hydrogens (tertiary/aromatic N) is 2. The molecule has 0 spiro atoms. The van der Waals surface area contributed by atoms with Crippen LogP contribution in [-0.2, 0) is 23.5 Å². The number of aryl methyl sites for hydroxylation is 2. The first-order chi connectivity index (χ1) is 19.3. The number of fused-ring (bicyclic) bond motifs is 1. The molecule has 0 atom stereocenters. The second-order valence-corrected chi connectivity index (χ2v) is 12.3. The van der Waals surface area contributed by atoms with E-state index in [9.17, 15) is 13.2 Å². The van der Waals surface area contributed by atoms with Crippen molar-refractivity contribution >= 4 is 39.1 Å². The Bertz CT molecular complexity index is 1350. The molecule has 0 radical (unpaired) electrons. The molecule has 0 saturated heterocycles. The molecule has 228 valence electrons. The van der Waals surface area contributed by atoms with Gasteiger partial charge in [-0.05, 0) is 94.7 Å². The van der Waals surface area contributed by atoms with Gasteiger partial charge < -0.3 is 14.2 Å². The maximum Gasteiger partial charge on any atom is 0.241 e. The van der Waals surface area contributed by atoms with Crippen molar-refractivity contribution in [2.75, 3.05) is 33.3 Å². The van der Waals surface area contributed by atoms with Gasteiger partial charge in [0.25, 0.3) is 0 Å². The Kier molecular flexibility index (Phi) is 14.4. The summed E-state index contributed by atoms with van der Waals surface area (Å²) < 4.78 is 36.3. The van der Waals surface area contributed by atoms with Crippen LogP contribution in [-0.4, -0.2) is 57.0 Å². The molecule has 3 aromatic rings. The number of carbonyl (C=O) groups excluding carboxylic acids is 1. The van der Waals surface area contributed by atoms with E-state index >= 15 is 0 Å². The number of hydrogen-bond acceptors (Lipinski definition) is 5. The van der Waals surface area contributed by atoms with Crippen LogP contribution in [0.2, 0.25) is 0 Å². The van der Waals surface area contributed by atoms with Crippen LogP contribution in [0, 0.1) is 0 Å². The minimum absolute atomic E-state index is 0. The molecular formula is C32H48ClN3O4S. The van der Waals surface area contributed by atoms with Crippen LogP contribution in [0.4, 0.5) is 0 Å². The highest BCUT2D eigenvalue weighted by Crippen LogP contribution is 2.31. The number of unbranched alkanes of at least 4 members (excludes halogenated alkanes) is 3. The summed E-state index contributed by atoms with van der Waals surface area (Å²) >= 11 is 0. The second-order valence-electron chi connectivity index (χ2n) is 10.5. The maximum atomic E-state index is 13.8. The minimum atomic E-state index is -3.84. The predicted octanol–water partition coefficient (Wildman–Crippen LogP) is 6.75. The quantitative estimate of drug-likeness (QED) is 0.128. The SMILES string of the molecule is CCCCc1cc2c(C(=O)c3ccc(OCCCN(CCCC)CCCC)cc3)c(S(=O)(=O)NC)ccc2n1C.Cl. The molecule has 1 heterocycles. The molecule has 0 saturated carbocycles. The Hall–Kier alpha value is -2.39. The van der Waals surface area contributed by atoms with E-state index in [1.165, 1.54) is 38.8 Å². The summed E-state index contributed by atoms with van der Waals surface area (Å²) in [5.74, 6) is 0.383. The van der Waals surface area contributed by atoms with Gasteiger partial charge in [-0.1, -0.05) is 40.0 Å². The standard InChI is InChI=1S/C32H47N3O4S.ClH/c1-6-9-13-26-24-28-29(34(26)5)18-19-30(40(37,38)33-4)31(28)32(36)25-14-16-27(17-15-25)39-23-12-22-35(20-10-7-2)21-11-8-3;/h14-19,24,33H,6-13,20-23H2,1-5H3;1H. The lowest BCUT2D eigenvalue weighted by Crippen LogP contribution is -2.28. The maximum absolute atomic E-state index is 13.8. The van der Waals surface area contributed by atoms with Gasteiger partial charge in [0.2, 0.25) is 10.0 Å². The molecule has 0 unspecified atom stereocenters. The molecule has 2 aromatic carbocycles. The highest BCUT2D eigenvalue weighted by Gasteiger charge is 2.26. The average Bonchev–Trinajstić information content (AvgIpc) is 3.29. The van der Waals surface area contributed by atoms with E-state index in [-0.39, 0.29) is 28.6 Å². The Morgan fingerprint density at radius 2 is 1.51 bits per heavy atom. The van der Waals surface area contributed by atoms with Crippen LogP contribution in [0.15, 0.2) is 47.4 Å². The van der Waals surface area contributed by atoms with Crippen molar-refractivity contribution in [3.63, 3.8) is 0 Å². The van der Waals surface area contributed by atoms with Crippen LogP contribution >= 0.6 is 12.4 Å². The Balaban J connectivity index is 0.00000588. The first-order valence-electron chi connectivity index (χ1n) is 14.8. The number of hydrogen-bond donors (Lipinski definition) is 1. The first-order valence-corrected chi connectivity index (χ1v) is 16.3. The number of ketones is 1. The number of halogens is 1. The molecule has 0 fully saturated rings. The molecule has 41 heavy (non-hydrogen) atoms. The zero-order valence-electron chi connectivity index (χ0n) is 25.4. The van der Waals surface area contributed by atoms with E-state index in [4.69, 9.17) is 4.74 Å². The Morgan fingerprint density at radius 1 is 0.902 bits per heavy atom. The normalized spacial score (nSPS) is 11.7. The molecule has 1 N–H and O–H groups in total. The average molecular weight is 606 g/mol. The van der Waals surface area contributed by atoms with Crippen molar-refractivity contribution in [2.45, 2.75) is 77.0 Å². The zero-order chi connectivity index (χ0) is 29.1. The van der Waals surface area contributed by atoms with Crippen molar-refractivity contribution < 1.29 is 17.9 Å². The fraction of sp³-hybridized carbons (Fsp3) is 0.531. The summed E-state index contributed by atoms with van der Waals surface area (Å²) in [6.45, 7) is 10.5. The van der Waals surface area contributed by atoms with Gasteiger partial charge in [-0.25, -0.2) is 13.1 Å². The number of nitrogens with one attached hydrogen (secondary N) is 1. The van der Waals surface area contributed by atoms with Crippen LogP contribution in [0.5, 0.6) is 5.75 Å². The summed E-state index contributed by atoms with van der Waals surface area (Å²) in [5.41, 5.74) is 2.56. The van der Waals surface area contributed by atoms with E-state index in [1.54, 1.807) is 30.3 Å². The Morgan fingerprint density at radius 3 is 2.10 bits per heavy atom. The molecule has 9 heteroatoms. The fourth-order valence-electron chi connectivity index (χ4n) is 5.04. The van der Waals surface area contributed by atoms with Crippen molar-refractivity contribution in [3.05, 3.63) is 59.3 Å². The van der Waals surface area contributed by atoms with Crippen LogP contribution < -0.4 is 9.46 Å². The third-order valence-corrected chi connectivity index (χ3v) is 8.98. The van der Waals surface area contributed by atoms with Crippen molar-refractivity contribution in [1.29, 1.82) is 0 Å². The van der Waals surface area contributed by atoms with Gasteiger partial charge in [0.05, 0.1) is 17.1 Å². The number of aromatic nitrogens is 1. The van der Waals surface area contributed by atoms with Gasteiger partial charge in [-0.3, -0.25) is 4.79 Å². The van der Waals surface area contributed by atoms with Crippen LogP contribution in [0.3, 0.4) is 0 Å². The Labute approximate surface area is 253 Å². The number of benzene rings is 2. The second kappa shape index (κ2) is 16.9. The molecule has 0 aliphatic heterocycles. The van der Waals surface area contributed by atoms with E-state index in [1.807, 2.05) is 13.1 Å². The lowest BCUT2D eigenvalue weighted by Gasteiger charge is -2.21. The highest BCUT2D eigenvalue weighted by atomic mass is 35.5. The van der Waals surface area contributed by atoms with E-state index in [0.717, 1.165) is 56.5 Å². The predicted molar refractivity (Wildman–Crippen MR) is 171 cm³/mol. The zero-order valence-corrected chi connectivity index (χ0v) is 27.0. The lowest BCUT2D eigenvalue weighted by molar-refractivity contribution is 0.103. The van der Waals surface area contributed by atoms with E-state index in [0.29, 0.717) is 23.3 Å². The summed E-state index contributed by atoms with van der Waals surface area (Å²) in [5, 5.41) is 0.658. The summed E-state index contributed by atoms with van der Waals surface area (Å²) in [6, 6.07) is 12.3. The summed E-state index contributed by atoms with van der Waals surface area (Å²) in [4.78, 5) is 16.4. The third kappa shape index (κ3) is 9.05. The lowest BCUT2D eigenvalue weighted by atomic mass is 9.99. The molecule has 0 bridgehead atoms. The number of carbonyl (C=O) groups is 1. The van der Waals surface area contributed by atoms with Crippen LogP contribution in [0.25, 0.3) is 10.9 Å². The number of sulfonamides is 1. The van der Waals surface area contributed by atoms with Gasteiger partial charge in [0.15, 0.2) is 5.78 Å². The van der Waals surface area contributed by atoms with Gasteiger partial charge in [-0.15, -0.1) is 12.4 Å². The monoisotopic (exact) mass is 605 g/mol. The van der Waals surface area contributed by atoms with E-state index in [2.05, 4.69) is 35.0 Å². The van der Waals surface area contributed by atoms with Crippen molar-refractivity contribution in [1.82, 2.24) is 14.2 Å². The topological polar surface area (TPSA) is 80.6 Å². The van der Waals surface area contributed by atoms with Crippen LogP contribution in [0.1, 0.15) is 87.3 Å². The largest absolute Gasteiger partial charge is 0.494 e. The van der Waals surface area contributed by atoms with Crippen molar-refractivity contribution in [2.24, 2.45) is 7.05 Å². The highest BCUT2D eigenvalue weighted by molar-refractivity contribution is 7.89. The third-order valence-electron chi connectivity index (χ3n) is 7.52. The molecule has 1 aromatic heterocycles. The molecule has 0 amide bonds. The first kappa shape index (κ1) is 34.8. The molecule has 7 nitrogen and oxygen atoms in total. The van der Waals surface area contributed by atoms with Gasteiger partial charge in [0.1, 0.15) is 5.75 Å². The van der Waals surface area contributed by atoms with Gasteiger partial charge in [0, 0.05) is 35.8 Å². The number of rotatable bonds is 18. The minimum Gasteiger partial charge on any atom is -0.494 e. The van der Waals surface area contributed by atoms with Crippen molar-refractivity contribution in [3.8, 4) is 5.75 Å². The smallest absolute Gasteiger partial charge is 0.241 e. The molecular weight excluding hydrogens is 558 g/mol. The summed E-state index contributed by atoms with van der Waals surface area (Å²) in [7, 11) is -0.514. The van der Waals surface area contributed by atoms with Gasteiger partial charge >= 0.3 is 0 Å². The van der Waals surface area contributed by atoms with E-state index < -0.39 is 10.0 Å². The molecule has 0 aliphatic rings. The van der Waals surface area contributed by atoms with Gasteiger partial charge in [-0.2, -0.15) is 0 Å². The summed E-state index contributed by atoms with van der Waals surface area (Å²) in [6.07, 6.45) is 8.71. The molecule has 3 rings (SSSR count). The molecule has 0 aliphatic carbocycles. The fourth-order valence-corrected chi connectivity index (χ4v) is 5.97.